The third-order valence-electron chi connectivity index (χ3n) is 4.42. The maximum absolute atomic E-state index is 12.8. The van der Waals surface area contributed by atoms with Gasteiger partial charge in [-0.05, 0) is 87.4 Å². The standard InChI is InChI=1S/C23H14Br2ClNO3S/c24-16-7-4-14(5-8-16)13-30-20-9-6-15(10-19(20)25)11-21-22(28)27(23(29)31-21)18-3-1-2-17(26)12-18/h1-12H,13H2/b21-11+. The predicted molar refractivity (Wildman–Crippen MR) is 133 cm³/mol. The SMILES string of the molecule is O=C1S/C(=C/c2ccc(OCc3ccc(Br)cc3)c(Br)c2)C(=O)N1c1cccc(Cl)c1. The number of anilines is 1. The molecule has 1 saturated heterocycles. The van der Waals surface area contributed by atoms with E-state index in [-0.39, 0.29) is 11.1 Å². The summed E-state index contributed by atoms with van der Waals surface area (Å²) in [4.78, 5) is 26.7. The van der Waals surface area contributed by atoms with Crippen molar-refractivity contribution < 1.29 is 14.3 Å². The van der Waals surface area contributed by atoms with Crippen LogP contribution in [0.15, 0.2) is 80.6 Å². The number of nitrogens with zero attached hydrogens (tertiary/aromatic N) is 1. The Morgan fingerprint density at radius 3 is 2.48 bits per heavy atom. The highest BCUT2D eigenvalue weighted by Crippen LogP contribution is 2.37. The maximum atomic E-state index is 12.8. The van der Waals surface area contributed by atoms with Crippen LogP contribution in [0.3, 0.4) is 0 Å². The number of hydrogen-bond acceptors (Lipinski definition) is 4. The van der Waals surface area contributed by atoms with E-state index in [2.05, 4.69) is 31.9 Å². The van der Waals surface area contributed by atoms with Crippen molar-refractivity contribution in [3.8, 4) is 5.75 Å². The van der Waals surface area contributed by atoms with Crippen molar-refractivity contribution in [2.75, 3.05) is 4.90 Å². The summed E-state index contributed by atoms with van der Waals surface area (Å²) in [6, 6.07) is 20.1. The predicted octanol–water partition coefficient (Wildman–Crippen LogP) is 7.68. The molecule has 1 aliphatic heterocycles. The minimum atomic E-state index is -0.371. The number of benzene rings is 3. The van der Waals surface area contributed by atoms with Crippen molar-refractivity contribution in [1.29, 1.82) is 0 Å². The lowest BCUT2D eigenvalue weighted by molar-refractivity contribution is -0.113. The van der Waals surface area contributed by atoms with E-state index in [0.717, 1.165) is 36.7 Å². The number of ether oxygens (including phenoxy) is 1. The van der Waals surface area contributed by atoms with Crippen LogP contribution in [0.5, 0.6) is 5.75 Å². The highest BCUT2D eigenvalue weighted by Gasteiger charge is 2.36. The average Bonchev–Trinajstić information content (AvgIpc) is 3.01. The Kier molecular flexibility index (Phi) is 6.86. The minimum Gasteiger partial charge on any atom is -0.488 e. The molecule has 4 rings (SSSR count). The fourth-order valence-corrected chi connectivity index (χ4v) is 4.72. The van der Waals surface area contributed by atoms with Gasteiger partial charge in [-0.15, -0.1) is 0 Å². The third kappa shape index (κ3) is 5.23. The summed E-state index contributed by atoms with van der Waals surface area (Å²) in [6.07, 6.45) is 1.69. The molecule has 156 valence electrons. The molecule has 0 bridgehead atoms. The van der Waals surface area contributed by atoms with Gasteiger partial charge in [0.2, 0.25) is 0 Å². The van der Waals surface area contributed by atoms with E-state index >= 15 is 0 Å². The van der Waals surface area contributed by atoms with Crippen LogP contribution < -0.4 is 9.64 Å². The molecule has 0 aliphatic carbocycles. The fraction of sp³-hybridized carbons (Fsp3) is 0.0435. The van der Waals surface area contributed by atoms with Gasteiger partial charge in [-0.1, -0.05) is 51.8 Å². The van der Waals surface area contributed by atoms with E-state index in [4.69, 9.17) is 16.3 Å². The van der Waals surface area contributed by atoms with Crippen LogP contribution in [0.25, 0.3) is 6.08 Å². The largest absolute Gasteiger partial charge is 0.488 e. The van der Waals surface area contributed by atoms with Gasteiger partial charge in [0, 0.05) is 9.50 Å². The van der Waals surface area contributed by atoms with Gasteiger partial charge in [0.05, 0.1) is 15.1 Å². The highest BCUT2D eigenvalue weighted by atomic mass is 79.9. The first kappa shape index (κ1) is 22.1. The lowest BCUT2D eigenvalue weighted by Crippen LogP contribution is -2.27. The molecule has 0 aromatic heterocycles. The first-order valence-electron chi connectivity index (χ1n) is 9.11. The number of amides is 2. The molecule has 0 unspecified atom stereocenters. The molecule has 1 fully saturated rings. The Bertz CT molecular complexity index is 1200. The minimum absolute atomic E-state index is 0.348. The zero-order valence-corrected chi connectivity index (χ0v) is 20.6. The van der Waals surface area contributed by atoms with E-state index in [9.17, 15) is 9.59 Å². The molecular weight excluding hydrogens is 566 g/mol. The van der Waals surface area contributed by atoms with Gasteiger partial charge < -0.3 is 4.74 Å². The molecule has 0 radical (unpaired) electrons. The van der Waals surface area contributed by atoms with Crippen LogP contribution in [-0.4, -0.2) is 11.1 Å². The van der Waals surface area contributed by atoms with Crippen LogP contribution >= 0.6 is 55.2 Å². The molecule has 0 N–H and O–H groups in total. The van der Waals surface area contributed by atoms with Crippen LogP contribution in [0.4, 0.5) is 10.5 Å². The second-order valence-electron chi connectivity index (χ2n) is 6.60. The Morgan fingerprint density at radius 2 is 1.77 bits per heavy atom. The van der Waals surface area contributed by atoms with Crippen molar-refractivity contribution >= 4 is 78.1 Å². The van der Waals surface area contributed by atoms with E-state index in [1.807, 2.05) is 42.5 Å². The smallest absolute Gasteiger partial charge is 0.298 e. The molecule has 8 heteroatoms. The van der Waals surface area contributed by atoms with Crippen molar-refractivity contribution in [2.24, 2.45) is 0 Å². The molecule has 0 saturated carbocycles. The monoisotopic (exact) mass is 577 g/mol. The molecular formula is C23H14Br2ClNO3S. The fourth-order valence-electron chi connectivity index (χ4n) is 2.92. The summed E-state index contributed by atoms with van der Waals surface area (Å²) in [6.45, 7) is 0.434. The first-order valence-corrected chi connectivity index (χ1v) is 11.9. The Labute approximate surface area is 205 Å². The summed E-state index contributed by atoms with van der Waals surface area (Å²) < 4.78 is 7.65. The number of carbonyl (C=O) groups excluding carboxylic acids is 2. The normalized spacial score (nSPS) is 15.1. The second kappa shape index (κ2) is 9.61. The number of thioether (sulfide) groups is 1. The summed E-state index contributed by atoms with van der Waals surface area (Å²) in [5, 5.41) is 0.107. The van der Waals surface area contributed by atoms with Gasteiger partial charge >= 0.3 is 0 Å². The molecule has 1 aliphatic rings. The molecule has 31 heavy (non-hydrogen) atoms. The van der Waals surface area contributed by atoms with Crippen molar-refractivity contribution in [3.63, 3.8) is 0 Å². The van der Waals surface area contributed by atoms with E-state index in [1.54, 1.807) is 30.3 Å². The van der Waals surface area contributed by atoms with Crippen LogP contribution in [0, 0.1) is 0 Å². The molecule has 1 heterocycles. The lowest BCUT2D eigenvalue weighted by atomic mass is 10.2. The van der Waals surface area contributed by atoms with Gasteiger partial charge in [-0.3, -0.25) is 9.59 Å². The Balaban J connectivity index is 1.49. The number of imide groups is 1. The Morgan fingerprint density at radius 1 is 1.00 bits per heavy atom. The van der Waals surface area contributed by atoms with Crippen molar-refractivity contribution in [3.05, 3.63) is 96.7 Å². The molecule has 2 amide bonds. The second-order valence-corrected chi connectivity index (χ2v) is 9.80. The van der Waals surface area contributed by atoms with Crippen LogP contribution in [0.1, 0.15) is 11.1 Å². The number of rotatable bonds is 5. The molecule has 3 aromatic rings. The number of carbonyl (C=O) groups is 2. The van der Waals surface area contributed by atoms with E-state index in [0.29, 0.717) is 28.0 Å². The van der Waals surface area contributed by atoms with Crippen molar-refractivity contribution in [1.82, 2.24) is 0 Å². The zero-order chi connectivity index (χ0) is 22.0. The van der Waals surface area contributed by atoms with Gasteiger partial charge in [0.25, 0.3) is 11.1 Å². The first-order chi connectivity index (χ1) is 14.9. The van der Waals surface area contributed by atoms with E-state index < -0.39 is 0 Å². The summed E-state index contributed by atoms with van der Waals surface area (Å²) in [5.41, 5.74) is 2.28. The maximum Gasteiger partial charge on any atom is 0.298 e. The zero-order valence-electron chi connectivity index (χ0n) is 15.8. The lowest BCUT2D eigenvalue weighted by Gasteiger charge is -2.12. The summed E-state index contributed by atoms with van der Waals surface area (Å²) in [7, 11) is 0. The van der Waals surface area contributed by atoms with E-state index in [1.165, 1.54) is 0 Å². The summed E-state index contributed by atoms with van der Waals surface area (Å²) >= 11 is 13.8. The van der Waals surface area contributed by atoms with Crippen LogP contribution in [-0.2, 0) is 11.4 Å². The average molecular weight is 580 g/mol. The molecule has 0 atom stereocenters. The Hall–Kier alpha value is -2.06. The van der Waals surface area contributed by atoms with Crippen molar-refractivity contribution in [2.45, 2.75) is 6.61 Å². The number of hydrogen-bond donors (Lipinski definition) is 0. The number of halogens is 3. The quantitative estimate of drug-likeness (QED) is 0.291. The van der Waals surface area contributed by atoms with Gasteiger partial charge in [-0.25, -0.2) is 4.90 Å². The topological polar surface area (TPSA) is 46.6 Å². The molecule has 3 aromatic carbocycles. The third-order valence-corrected chi connectivity index (χ3v) is 6.67. The highest BCUT2D eigenvalue weighted by molar-refractivity contribution is 9.10. The molecule has 0 spiro atoms. The van der Waals surface area contributed by atoms with Crippen LogP contribution in [0.2, 0.25) is 5.02 Å². The van der Waals surface area contributed by atoms with Gasteiger partial charge in [0.15, 0.2) is 0 Å². The van der Waals surface area contributed by atoms with Gasteiger partial charge in [0.1, 0.15) is 12.4 Å². The molecule has 4 nitrogen and oxygen atoms in total. The summed E-state index contributed by atoms with van der Waals surface area (Å²) in [5.74, 6) is 0.316. The van der Waals surface area contributed by atoms with Gasteiger partial charge in [-0.2, -0.15) is 0 Å².